The molecule has 2 bridgehead atoms. The second kappa shape index (κ2) is 6.38. The summed E-state index contributed by atoms with van der Waals surface area (Å²) >= 11 is 1.57. The number of benzene rings is 1. The Morgan fingerprint density at radius 2 is 2.08 bits per heavy atom. The fourth-order valence-electron chi connectivity index (χ4n) is 4.53. The van der Waals surface area contributed by atoms with Crippen LogP contribution in [0.25, 0.3) is 10.1 Å². The second-order valence-electron chi connectivity index (χ2n) is 7.85. The second-order valence-corrected chi connectivity index (χ2v) is 8.93. The third kappa shape index (κ3) is 2.98. The Bertz CT molecular complexity index is 790. The number of carbonyl (C=O) groups is 1. The largest absolute Gasteiger partial charge is 0.380 e. The SMILES string of the molecule is COCc1ccc2cc(C(=O)N[C@H]3C4CCN(CC4)C3(C)C)sc2c1. The predicted molar refractivity (Wildman–Crippen MR) is 102 cm³/mol. The molecule has 1 aromatic carbocycles. The van der Waals surface area contributed by atoms with Crippen molar-refractivity contribution >= 4 is 27.3 Å². The first-order valence-electron chi connectivity index (χ1n) is 9.06. The molecule has 1 N–H and O–H groups in total. The van der Waals surface area contributed by atoms with E-state index in [1.165, 1.54) is 12.8 Å². The molecule has 0 aliphatic carbocycles. The molecule has 25 heavy (non-hydrogen) atoms. The lowest BCUT2D eigenvalue weighted by Crippen LogP contribution is -2.69. The van der Waals surface area contributed by atoms with Gasteiger partial charge in [-0.15, -0.1) is 11.3 Å². The van der Waals surface area contributed by atoms with Gasteiger partial charge in [0, 0.05) is 23.4 Å². The maximum absolute atomic E-state index is 12.9. The van der Waals surface area contributed by atoms with Crippen LogP contribution >= 0.6 is 11.3 Å². The summed E-state index contributed by atoms with van der Waals surface area (Å²) in [5.74, 6) is 0.674. The van der Waals surface area contributed by atoms with Crippen LogP contribution in [-0.2, 0) is 11.3 Å². The van der Waals surface area contributed by atoms with Crippen LogP contribution < -0.4 is 5.32 Å². The van der Waals surface area contributed by atoms with Crippen LogP contribution in [0.4, 0.5) is 0 Å². The molecule has 5 heteroatoms. The van der Waals surface area contributed by atoms with Crippen molar-refractivity contribution in [2.24, 2.45) is 5.92 Å². The first-order chi connectivity index (χ1) is 12.0. The molecule has 4 heterocycles. The summed E-state index contributed by atoms with van der Waals surface area (Å²) < 4.78 is 6.35. The topological polar surface area (TPSA) is 41.6 Å². The first-order valence-corrected chi connectivity index (χ1v) is 9.88. The number of ether oxygens (including phenoxy) is 1. The summed E-state index contributed by atoms with van der Waals surface area (Å²) in [6.45, 7) is 7.46. The molecule has 3 aliphatic rings. The molecular weight excluding hydrogens is 332 g/mol. The van der Waals surface area contributed by atoms with Gasteiger partial charge in [0.15, 0.2) is 0 Å². The molecule has 3 aliphatic heterocycles. The van der Waals surface area contributed by atoms with E-state index in [2.05, 4.69) is 42.3 Å². The van der Waals surface area contributed by atoms with E-state index in [0.717, 1.165) is 33.6 Å². The minimum Gasteiger partial charge on any atom is -0.380 e. The average molecular weight is 359 g/mol. The zero-order valence-corrected chi connectivity index (χ0v) is 16.0. The third-order valence-electron chi connectivity index (χ3n) is 5.99. The summed E-state index contributed by atoms with van der Waals surface area (Å²) in [4.78, 5) is 16.2. The summed E-state index contributed by atoms with van der Waals surface area (Å²) in [5.41, 5.74) is 1.18. The van der Waals surface area contributed by atoms with Gasteiger partial charge in [-0.1, -0.05) is 12.1 Å². The number of hydrogen-bond acceptors (Lipinski definition) is 4. The van der Waals surface area contributed by atoms with Gasteiger partial charge < -0.3 is 10.1 Å². The predicted octanol–water partition coefficient (Wildman–Crippen LogP) is 3.65. The molecule has 1 amide bonds. The molecule has 0 saturated carbocycles. The molecule has 4 nitrogen and oxygen atoms in total. The zero-order chi connectivity index (χ0) is 17.6. The van der Waals surface area contributed by atoms with Crippen LogP contribution in [0.2, 0.25) is 0 Å². The number of amides is 1. The molecule has 0 unspecified atom stereocenters. The van der Waals surface area contributed by atoms with Crippen LogP contribution in [0.15, 0.2) is 24.3 Å². The van der Waals surface area contributed by atoms with Gasteiger partial charge in [-0.05, 0) is 68.8 Å². The molecular formula is C20H26N2O2S. The van der Waals surface area contributed by atoms with Gasteiger partial charge in [0.2, 0.25) is 0 Å². The molecule has 1 aromatic heterocycles. The Labute approximate surface area is 153 Å². The third-order valence-corrected chi connectivity index (χ3v) is 7.09. The lowest BCUT2D eigenvalue weighted by molar-refractivity contribution is -0.0377. The number of hydrogen-bond donors (Lipinski definition) is 1. The molecule has 3 saturated heterocycles. The minimum atomic E-state index is 0.0408. The number of carbonyl (C=O) groups excluding carboxylic acids is 1. The Kier molecular flexibility index (Phi) is 4.34. The van der Waals surface area contributed by atoms with Gasteiger partial charge in [-0.3, -0.25) is 9.69 Å². The average Bonchev–Trinajstić information content (AvgIpc) is 3.02. The highest BCUT2D eigenvalue weighted by atomic mass is 32.1. The molecule has 3 fully saturated rings. The molecule has 134 valence electrons. The molecule has 1 atom stereocenters. The van der Waals surface area contributed by atoms with E-state index < -0.39 is 0 Å². The number of nitrogens with zero attached hydrogens (tertiary/aromatic N) is 1. The lowest BCUT2D eigenvalue weighted by atomic mass is 9.72. The Balaban J connectivity index is 1.55. The van der Waals surface area contributed by atoms with Crippen LogP contribution in [0.1, 0.15) is 41.9 Å². The maximum Gasteiger partial charge on any atom is 0.261 e. The van der Waals surface area contributed by atoms with Crippen molar-refractivity contribution in [2.45, 2.75) is 44.9 Å². The highest BCUT2D eigenvalue weighted by molar-refractivity contribution is 7.20. The summed E-state index contributed by atoms with van der Waals surface area (Å²) in [6, 6.07) is 8.52. The lowest BCUT2D eigenvalue weighted by Gasteiger charge is -2.56. The van der Waals surface area contributed by atoms with E-state index in [9.17, 15) is 4.79 Å². The summed E-state index contributed by atoms with van der Waals surface area (Å²) in [6.07, 6.45) is 2.39. The van der Waals surface area contributed by atoms with E-state index >= 15 is 0 Å². The number of methoxy groups -OCH3 is 1. The smallest absolute Gasteiger partial charge is 0.261 e. The molecule has 5 rings (SSSR count). The standard InChI is InChI=1S/C20H26N2O2S/c1-20(2)18(14-6-8-22(20)9-7-14)21-19(23)17-11-15-5-4-13(12-24-3)10-16(15)25-17/h4-5,10-11,14,18H,6-9,12H2,1-3H3,(H,21,23)/t18-/m0/s1. The summed E-state index contributed by atoms with van der Waals surface area (Å²) in [5, 5.41) is 4.49. The quantitative estimate of drug-likeness (QED) is 0.907. The Morgan fingerprint density at radius 3 is 2.76 bits per heavy atom. The van der Waals surface area contributed by atoms with E-state index in [0.29, 0.717) is 12.5 Å². The number of fused-ring (bicyclic) bond motifs is 4. The van der Waals surface area contributed by atoms with Gasteiger partial charge in [-0.2, -0.15) is 0 Å². The number of piperidine rings is 3. The normalized spacial score (nSPS) is 27.6. The molecule has 2 aromatic rings. The monoisotopic (exact) mass is 358 g/mol. The van der Waals surface area contributed by atoms with E-state index in [-0.39, 0.29) is 17.5 Å². The number of nitrogens with one attached hydrogen (secondary N) is 1. The van der Waals surface area contributed by atoms with Crippen molar-refractivity contribution in [3.8, 4) is 0 Å². The fraction of sp³-hybridized carbons (Fsp3) is 0.550. The van der Waals surface area contributed by atoms with Gasteiger partial charge in [0.25, 0.3) is 5.91 Å². The van der Waals surface area contributed by atoms with Crippen molar-refractivity contribution < 1.29 is 9.53 Å². The van der Waals surface area contributed by atoms with Crippen molar-refractivity contribution in [3.05, 3.63) is 34.7 Å². The zero-order valence-electron chi connectivity index (χ0n) is 15.2. The van der Waals surface area contributed by atoms with Crippen LogP contribution in [0.3, 0.4) is 0 Å². The maximum atomic E-state index is 12.9. The van der Waals surface area contributed by atoms with Crippen molar-refractivity contribution in [2.75, 3.05) is 20.2 Å². The first kappa shape index (κ1) is 17.0. The van der Waals surface area contributed by atoms with E-state index in [1.54, 1.807) is 18.4 Å². The molecule has 0 spiro atoms. The number of thiophene rings is 1. The summed E-state index contributed by atoms with van der Waals surface area (Å²) in [7, 11) is 1.70. The Hall–Kier alpha value is -1.43. The Morgan fingerprint density at radius 1 is 1.32 bits per heavy atom. The fourth-order valence-corrected chi connectivity index (χ4v) is 5.56. The van der Waals surface area contributed by atoms with Crippen LogP contribution in [0, 0.1) is 5.92 Å². The van der Waals surface area contributed by atoms with Gasteiger partial charge >= 0.3 is 0 Å². The minimum absolute atomic E-state index is 0.0408. The van der Waals surface area contributed by atoms with E-state index in [1.807, 2.05) is 6.07 Å². The van der Waals surface area contributed by atoms with Gasteiger partial charge in [0.05, 0.1) is 11.5 Å². The molecule has 0 radical (unpaired) electrons. The van der Waals surface area contributed by atoms with Crippen molar-refractivity contribution in [1.29, 1.82) is 0 Å². The highest BCUT2D eigenvalue weighted by Gasteiger charge is 2.48. The van der Waals surface area contributed by atoms with E-state index in [4.69, 9.17) is 4.74 Å². The van der Waals surface area contributed by atoms with Crippen LogP contribution in [0.5, 0.6) is 0 Å². The van der Waals surface area contributed by atoms with Crippen LogP contribution in [-0.4, -0.2) is 42.6 Å². The highest BCUT2D eigenvalue weighted by Crippen LogP contribution is 2.39. The number of rotatable bonds is 4. The van der Waals surface area contributed by atoms with Crippen molar-refractivity contribution in [1.82, 2.24) is 10.2 Å². The van der Waals surface area contributed by atoms with Gasteiger partial charge in [-0.25, -0.2) is 0 Å². The van der Waals surface area contributed by atoms with Gasteiger partial charge in [0.1, 0.15) is 0 Å². The van der Waals surface area contributed by atoms with Crippen molar-refractivity contribution in [3.63, 3.8) is 0 Å².